The minimum Gasteiger partial charge on any atom is -0.481 e. The normalized spacial score (nSPS) is 22.0. The van der Waals surface area contributed by atoms with Crippen LogP contribution in [0.2, 0.25) is 0 Å². The molecule has 0 atom stereocenters. The Balaban J connectivity index is 1.66. The molecule has 19 heavy (non-hydrogen) atoms. The molecule has 0 amide bonds. The maximum Gasteiger partial charge on any atom is 0.231 e. The van der Waals surface area contributed by atoms with Crippen LogP contribution in [0.15, 0.2) is 22.9 Å². The summed E-state index contributed by atoms with van der Waals surface area (Å²) < 4.78 is 22.9. The van der Waals surface area contributed by atoms with Gasteiger partial charge >= 0.3 is 0 Å². The third-order valence-corrected chi connectivity index (χ3v) is 3.29. The molecule has 0 radical (unpaired) electrons. The van der Waals surface area contributed by atoms with Crippen molar-refractivity contribution in [1.82, 2.24) is 15.1 Å². The predicted molar refractivity (Wildman–Crippen MR) is 64.8 cm³/mol. The highest BCUT2D eigenvalue weighted by molar-refractivity contribution is 5.20. The molecule has 1 fully saturated rings. The van der Waals surface area contributed by atoms with Gasteiger partial charge in [0.15, 0.2) is 5.82 Å². The summed E-state index contributed by atoms with van der Waals surface area (Å²) in [6.07, 6.45) is 2.53. The van der Waals surface area contributed by atoms with Crippen LogP contribution in [-0.2, 0) is 6.42 Å². The molecule has 0 spiro atoms. The Hall–Kier alpha value is -1.98. The molecule has 2 aromatic rings. The minimum atomic E-state index is -0.710. The number of halogens is 1. The summed E-state index contributed by atoms with van der Waals surface area (Å²) in [4.78, 5) is 8.41. The zero-order valence-electron chi connectivity index (χ0n) is 10.5. The lowest BCUT2D eigenvalue weighted by atomic mass is 9.83. The SMILES string of the molecule is COc1ccc(Cc2nc(C3CC(F)C3)no2)cn1. The van der Waals surface area contributed by atoms with Crippen LogP contribution < -0.4 is 4.74 Å². The van der Waals surface area contributed by atoms with E-state index in [-0.39, 0.29) is 5.92 Å². The molecule has 2 heterocycles. The number of hydrogen-bond donors (Lipinski definition) is 0. The van der Waals surface area contributed by atoms with E-state index in [0.29, 0.717) is 36.9 Å². The van der Waals surface area contributed by atoms with Gasteiger partial charge in [-0.15, -0.1) is 0 Å². The second kappa shape index (κ2) is 4.95. The van der Waals surface area contributed by atoms with E-state index in [1.807, 2.05) is 6.07 Å². The number of methoxy groups -OCH3 is 1. The highest BCUT2D eigenvalue weighted by Gasteiger charge is 2.33. The van der Waals surface area contributed by atoms with Gasteiger partial charge in [-0.1, -0.05) is 11.2 Å². The van der Waals surface area contributed by atoms with Gasteiger partial charge in [0, 0.05) is 18.2 Å². The molecule has 0 unspecified atom stereocenters. The van der Waals surface area contributed by atoms with Gasteiger partial charge in [-0.05, 0) is 18.4 Å². The maximum absolute atomic E-state index is 12.8. The Kier molecular flexibility index (Phi) is 3.15. The van der Waals surface area contributed by atoms with Crippen LogP contribution >= 0.6 is 0 Å². The van der Waals surface area contributed by atoms with Crippen LogP contribution in [0.25, 0.3) is 0 Å². The van der Waals surface area contributed by atoms with E-state index in [9.17, 15) is 4.39 Å². The highest BCUT2D eigenvalue weighted by Crippen LogP contribution is 2.37. The van der Waals surface area contributed by atoms with Gasteiger partial charge in [0.25, 0.3) is 0 Å². The summed E-state index contributed by atoms with van der Waals surface area (Å²) in [7, 11) is 1.57. The first-order valence-electron chi connectivity index (χ1n) is 6.20. The van der Waals surface area contributed by atoms with Crippen LogP contribution in [0, 0.1) is 0 Å². The Morgan fingerprint density at radius 3 is 2.89 bits per heavy atom. The van der Waals surface area contributed by atoms with E-state index in [1.165, 1.54) is 0 Å². The van der Waals surface area contributed by atoms with Crippen molar-refractivity contribution in [3.63, 3.8) is 0 Å². The van der Waals surface area contributed by atoms with Crippen molar-refractivity contribution < 1.29 is 13.7 Å². The Morgan fingerprint density at radius 1 is 1.42 bits per heavy atom. The van der Waals surface area contributed by atoms with E-state index < -0.39 is 6.17 Å². The molecule has 0 aliphatic heterocycles. The predicted octanol–water partition coefficient (Wildman–Crippen LogP) is 2.28. The Bertz CT molecular complexity index is 549. The average molecular weight is 263 g/mol. The quantitative estimate of drug-likeness (QED) is 0.846. The van der Waals surface area contributed by atoms with Gasteiger partial charge in [-0.3, -0.25) is 0 Å². The smallest absolute Gasteiger partial charge is 0.231 e. The zero-order chi connectivity index (χ0) is 13.2. The number of alkyl halides is 1. The van der Waals surface area contributed by atoms with Crippen molar-refractivity contribution in [3.05, 3.63) is 35.6 Å². The number of aromatic nitrogens is 3. The fourth-order valence-electron chi connectivity index (χ4n) is 2.08. The monoisotopic (exact) mass is 263 g/mol. The van der Waals surface area contributed by atoms with Crippen molar-refractivity contribution in [2.45, 2.75) is 31.4 Å². The molecule has 1 aliphatic carbocycles. The second-order valence-corrected chi connectivity index (χ2v) is 4.70. The zero-order valence-corrected chi connectivity index (χ0v) is 10.5. The van der Waals surface area contributed by atoms with Gasteiger partial charge in [-0.2, -0.15) is 4.98 Å². The number of rotatable bonds is 4. The van der Waals surface area contributed by atoms with Gasteiger partial charge in [0.2, 0.25) is 11.8 Å². The van der Waals surface area contributed by atoms with E-state index in [4.69, 9.17) is 9.26 Å². The van der Waals surface area contributed by atoms with Gasteiger partial charge < -0.3 is 9.26 Å². The average Bonchev–Trinajstić information content (AvgIpc) is 2.84. The summed E-state index contributed by atoms with van der Waals surface area (Å²) in [5, 5.41) is 3.90. The van der Waals surface area contributed by atoms with Gasteiger partial charge in [0.1, 0.15) is 6.17 Å². The standard InChI is InChI=1S/C13H14FN3O2/c1-18-11-3-2-8(7-15-11)4-12-16-13(17-19-12)9-5-10(14)6-9/h2-3,7,9-10H,4-6H2,1H3. The molecule has 0 aromatic carbocycles. The van der Waals surface area contributed by atoms with Crippen LogP contribution in [0.5, 0.6) is 5.88 Å². The van der Waals surface area contributed by atoms with Crippen LogP contribution in [0.1, 0.15) is 36.0 Å². The van der Waals surface area contributed by atoms with Gasteiger partial charge in [0.05, 0.1) is 13.5 Å². The lowest BCUT2D eigenvalue weighted by Gasteiger charge is -2.26. The number of ether oxygens (including phenoxy) is 1. The molecular formula is C13H14FN3O2. The molecule has 0 bridgehead atoms. The summed E-state index contributed by atoms with van der Waals surface area (Å²) in [5.41, 5.74) is 0.966. The summed E-state index contributed by atoms with van der Waals surface area (Å²) >= 11 is 0. The summed E-state index contributed by atoms with van der Waals surface area (Å²) in [5.74, 6) is 1.83. The number of hydrogen-bond acceptors (Lipinski definition) is 5. The Morgan fingerprint density at radius 2 is 2.26 bits per heavy atom. The topological polar surface area (TPSA) is 61.0 Å². The Labute approximate surface area is 109 Å². The van der Waals surface area contributed by atoms with E-state index in [2.05, 4.69) is 15.1 Å². The fraction of sp³-hybridized carbons (Fsp3) is 0.462. The third-order valence-electron chi connectivity index (χ3n) is 3.29. The van der Waals surface area contributed by atoms with Crippen LogP contribution in [-0.4, -0.2) is 28.4 Å². The van der Waals surface area contributed by atoms with Crippen LogP contribution in [0.3, 0.4) is 0 Å². The number of pyridine rings is 1. The fourth-order valence-corrected chi connectivity index (χ4v) is 2.08. The van der Waals surface area contributed by atoms with E-state index in [1.54, 1.807) is 19.4 Å². The van der Waals surface area contributed by atoms with Crippen molar-refractivity contribution in [2.24, 2.45) is 0 Å². The highest BCUT2D eigenvalue weighted by atomic mass is 19.1. The van der Waals surface area contributed by atoms with Crippen molar-refractivity contribution in [3.8, 4) is 5.88 Å². The van der Waals surface area contributed by atoms with Crippen molar-refractivity contribution >= 4 is 0 Å². The lowest BCUT2D eigenvalue weighted by molar-refractivity contribution is 0.171. The molecule has 1 saturated carbocycles. The molecule has 1 aliphatic rings. The van der Waals surface area contributed by atoms with Crippen molar-refractivity contribution in [1.29, 1.82) is 0 Å². The number of nitrogens with zero attached hydrogens (tertiary/aromatic N) is 3. The maximum atomic E-state index is 12.8. The molecule has 6 heteroatoms. The molecule has 100 valence electrons. The summed E-state index contributed by atoms with van der Waals surface area (Å²) in [6, 6.07) is 3.68. The first-order valence-corrected chi connectivity index (χ1v) is 6.20. The van der Waals surface area contributed by atoms with Crippen molar-refractivity contribution in [2.75, 3.05) is 7.11 Å². The van der Waals surface area contributed by atoms with Crippen LogP contribution in [0.4, 0.5) is 4.39 Å². The first kappa shape index (κ1) is 12.1. The first-order chi connectivity index (χ1) is 9.24. The van der Waals surface area contributed by atoms with E-state index >= 15 is 0 Å². The molecular weight excluding hydrogens is 249 g/mol. The second-order valence-electron chi connectivity index (χ2n) is 4.70. The van der Waals surface area contributed by atoms with Gasteiger partial charge in [-0.25, -0.2) is 9.37 Å². The molecule has 5 nitrogen and oxygen atoms in total. The van der Waals surface area contributed by atoms with E-state index in [0.717, 1.165) is 5.56 Å². The molecule has 0 N–H and O–H groups in total. The lowest BCUT2D eigenvalue weighted by Crippen LogP contribution is -2.23. The largest absolute Gasteiger partial charge is 0.481 e. The molecule has 2 aromatic heterocycles. The minimum absolute atomic E-state index is 0.112. The molecule has 3 rings (SSSR count). The molecule has 0 saturated heterocycles. The summed E-state index contributed by atoms with van der Waals surface area (Å²) in [6.45, 7) is 0. The third kappa shape index (κ3) is 2.57.